The van der Waals surface area contributed by atoms with Gasteiger partial charge in [-0.1, -0.05) is 13.8 Å². The van der Waals surface area contributed by atoms with Gasteiger partial charge < -0.3 is 19.5 Å². The average Bonchev–Trinajstić information content (AvgIpc) is 3.08. The minimum Gasteiger partial charge on any atom is -0.508 e. The monoisotopic (exact) mass is 392 g/mol. The molecular formula is C22H20N2O5. The van der Waals surface area contributed by atoms with Gasteiger partial charge in [-0.3, -0.25) is 4.79 Å². The van der Waals surface area contributed by atoms with Gasteiger partial charge in [0.2, 0.25) is 0 Å². The number of phenols is 1. The van der Waals surface area contributed by atoms with Crippen molar-refractivity contribution in [1.82, 2.24) is 9.55 Å². The van der Waals surface area contributed by atoms with Crippen LogP contribution in [0.3, 0.4) is 0 Å². The van der Waals surface area contributed by atoms with Crippen LogP contribution < -0.4 is 5.56 Å². The molecular weight excluding hydrogens is 372 g/mol. The van der Waals surface area contributed by atoms with E-state index in [1.807, 2.05) is 13.0 Å². The van der Waals surface area contributed by atoms with Gasteiger partial charge in [-0.15, -0.1) is 0 Å². The molecule has 0 fully saturated rings. The Labute approximate surface area is 166 Å². The molecule has 0 aliphatic carbocycles. The fourth-order valence-electron chi connectivity index (χ4n) is 4.47. The van der Waals surface area contributed by atoms with Crippen LogP contribution in [-0.2, 0) is 34.7 Å². The molecule has 0 saturated heterocycles. The Bertz CT molecular complexity index is 1280. The zero-order chi connectivity index (χ0) is 20.5. The molecule has 0 bridgehead atoms. The summed E-state index contributed by atoms with van der Waals surface area (Å²) in [5, 5.41) is 21.9. The SMILES string of the molecule is CCc1c(O)ccc2nc3c(cc12)Cn1c-3cc2c(c1=O)COC(=O)[C@]2(O)CC. The highest BCUT2D eigenvalue weighted by molar-refractivity contribution is 5.89. The standard InChI is InChI=1S/C22H20N2O5/c1-3-12-13-7-11-9-24-17(19(11)23-16(13)5-6-18(12)25)8-15-14(20(24)26)10-29-21(27)22(15,28)4-2/h5-8,25,28H,3-4,9-10H2,1-2H3/t22-/m0/s1. The summed E-state index contributed by atoms with van der Waals surface area (Å²) in [5.74, 6) is -0.502. The number of aromatic hydroxyl groups is 1. The Morgan fingerprint density at radius 1 is 1.24 bits per heavy atom. The second-order valence-corrected chi connectivity index (χ2v) is 7.58. The highest BCUT2D eigenvalue weighted by Crippen LogP contribution is 2.39. The first-order valence-corrected chi connectivity index (χ1v) is 9.70. The molecule has 7 nitrogen and oxygen atoms in total. The summed E-state index contributed by atoms with van der Waals surface area (Å²) in [6.07, 6.45) is 0.771. The number of nitrogens with zero attached hydrogens (tertiary/aromatic N) is 2. The van der Waals surface area contributed by atoms with Crippen molar-refractivity contribution in [2.24, 2.45) is 0 Å². The second kappa shape index (κ2) is 5.90. The highest BCUT2D eigenvalue weighted by atomic mass is 16.6. The van der Waals surface area contributed by atoms with Gasteiger partial charge in [-0.05, 0) is 37.1 Å². The first-order chi connectivity index (χ1) is 13.9. The number of hydrogen-bond donors (Lipinski definition) is 2. The molecule has 1 aromatic carbocycles. The van der Waals surface area contributed by atoms with E-state index in [2.05, 4.69) is 0 Å². The molecule has 0 saturated carbocycles. The van der Waals surface area contributed by atoms with Crippen LogP contribution in [0.5, 0.6) is 5.75 Å². The van der Waals surface area contributed by atoms with Gasteiger partial charge >= 0.3 is 5.97 Å². The van der Waals surface area contributed by atoms with Crippen LogP contribution in [0.25, 0.3) is 22.3 Å². The molecule has 2 aromatic heterocycles. The van der Waals surface area contributed by atoms with Crippen LogP contribution in [0.1, 0.15) is 42.5 Å². The lowest BCUT2D eigenvalue weighted by Crippen LogP contribution is -2.44. The predicted molar refractivity (Wildman–Crippen MR) is 106 cm³/mol. The normalized spacial score (nSPS) is 19.6. The molecule has 0 unspecified atom stereocenters. The van der Waals surface area contributed by atoms with Gasteiger partial charge in [0.15, 0.2) is 5.60 Å². The third kappa shape index (κ3) is 2.25. The van der Waals surface area contributed by atoms with Crippen LogP contribution in [0.2, 0.25) is 0 Å². The number of esters is 1. The first-order valence-electron chi connectivity index (χ1n) is 9.70. The molecule has 3 aromatic rings. The maximum atomic E-state index is 13.1. The van der Waals surface area contributed by atoms with Crippen molar-refractivity contribution < 1.29 is 19.7 Å². The average molecular weight is 392 g/mol. The number of rotatable bonds is 2. The molecule has 5 rings (SSSR count). The number of hydrogen-bond acceptors (Lipinski definition) is 6. The van der Waals surface area contributed by atoms with E-state index in [0.717, 1.165) is 22.0 Å². The van der Waals surface area contributed by atoms with Crippen LogP contribution in [0.4, 0.5) is 0 Å². The second-order valence-electron chi connectivity index (χ2n) is 7.58. The zero-order valence-electron chi connectivity index (χ0n) is 16.2. The molecule has 0 radical (unpaired) electrons. The fraction of sp³-hybridized carbons (Fsp3) is 0.318. The number of aryl methyl sites for hydroxylation is 1. The van der Waals surface area contributed by atoms with Gasteiger partial charge in [-0.25, -0.2) is 9.78 Å². The number of phenolic OH excluding ortho intramolecular Hbond substituents is 1. The molecule has 1 atom stereocenters. The molecule has 2 N–H and O–H groups in total. The van der Waals surface area contributed by atoms with Crippen LogP contribution >= 0.6 is 0 Å². The summed E-state index contributed by atoms with van der Waals surface area (Å²) < 4.78 is 6.70. The Hall–Kier alpha value is -3.19. The van der Waals surface area contributed by atoms with Gasteiger partial charge in [0.25, 0.3) is 5.56 Å². The molecule has 0 spiro atoms. The summed E-state index contributed by atoms with van der Waals surface area (Å²) in [6, 6.07) is 7.05. The molecule has 148 valence electrons. The van der Waals surface area contributed by atoms with E-state index in [-0.39, 0.29) is 24.3 Å². The minimum atomic E-state index is -1.83. The molecule has 2 aliphatic rings. The maximum Gasteiger partial charge on any atom is 0.343 e. The quantitative estimate of drug-likeness (QED) is 0.508. The van der Waals surface area contributed by atoms with Crippen LogP contribution in [-0.4, -0.2) is 25.7 Å². The largest absolute Gasteiger partial charge is 0.508 e. The summed E-state index contributed by atoms with van der Waals surface area (Å²) in [5.41, 5.74) is 2.15. The Kier molecular flexibility index (Phi) is 3.64. The molecule has 29 heavy (non-hydrogen) atoms. The number of carbonyl (C=O) groups is 1. The molecule has 4 heterocycles. The zero-order valence-corrected chi connectivity index (χ0v) is 16.2. The Morgan fingerprint density at radius 3 is 2.76 bits per heavy atom. The molecule has 7 heteroatoms. The number of aliphatic hydroxyl groups is 1. The first kappa shape index (κ1) is 17.9. The lowest BCUT2D eigenvalue weighted by atomic mass is 9.86. The Balaban J connectivity index is 1.79. The van der Waals surface area contributed by atoms with Crippen molar-refractivity contribution in [1.29, 1.82) is 0 Å². The van der Waals surface area contributed by atoms with E-state index in [1.54, 1.807) is 29.7 Å². The van der Waals surface area contributed by atoms with E-state index in [1.165, 1.54) is 0 Å². The van der Waals surface area contributed by atoms with Gasteiger partial charge in [0.1, 0.15) is 12.4 Å². The van der Waals surface area contributed by atoms with E-state index in [9.17, 15) is 19.8 Å². The van der Waals surface area contributed by atoms with Crippen LogP contribution in [0, 0.1) is 0 Å². The van der Waals surface area contributed by atoms with Crippen molar-refractivity contribution in [3.63, 3.8) is 0 Å². The van der Waals surface area contributed by atoms with E-state index in [4.69, 9.17) is 9.72 Å². The number of fused-ring (bicyclic) bond motifs is 5. The Morgan fingerprint density at radius 2 is 2.03 bits per heavy atom. The van der Waals surface area contributed by atoms with Crippen LogP contribution in [0.15, 0.2) is 29.1 Å². The topological polar surface area (TPSA) is 102 Å². The predicted octanol–water partition coefficient (Wildman–Crippen LogP) is 2.35. The summed E-state index contributed by atoms with van der Waals surface area (Å²) in [7, 11) is 0. The molecule has 0 amide bonds. The smallest absolute Gasteiger partial charge is 0.343 e. The summed E-state index contributed by atoms with van der Waals surface area (Å²) in [6.45, 7) is 3.85. The van der Waals surface area contributed by atoms with Crippen molar-refractivity contribution >= 4 is 16.9 Å². The number of ether oxygens (including phenoxy) is 1. The number of aromatic nitrogens is 2. The number of pyridine rings is 2. The lowest BCUT2D eigenvalue weighted by molar-refractivity contribution is -0.172. The fourth-order valence-corrected chi connectivity index (χ4v) is 4.47. The number of benzene rings is 1. The van der Waals surface area contributed by atoms with Gasteiger partial charge in [0, 0.05) is 22.1 Å². The third-order valence-electron chi connectivity index (χ3n) is 6.13. The van der Waals surface area contributed by atoms with Crippen molar-refractivity contribution in [2.75, 3.05) is 0 Å². The number of carbonyl (C=O) groups excluding carboxylic acids is 1. The third-order valence-corrected chi connectivity index (χ3v) is 6.13. The van der Waals surface area contributed by atoms with E-state index < -0.39 is 11.6 Å². The van der Waals surface area contributed by atoms with E-state index >= 15 is 0 Å². The van der Waals surface area contributed by atoms with Gasteiger partial charge in [-0.2, -0.15) is 0 Å². The van der Waals surface area contributed by atoms with Crippen molar-refractivity contribution in [2.45, 2.75) is 45.4 Å². The van der Waals surface area contributed by atoms with Crippen molar-refractivity contribution in [3.05, 3.63) is 56.9 Å². The minimum absolute atomic E-state index is 0.110. The van der Waals surface area contributed by atoms with E-state index in [0.29, 0.717) is 35.5 Å². The van der Waals surface area contributed by atoms with Crippen molar-refractivity contribution in [3.8, 4) is 17.1 Å². The number of cyclic esters (lactones) is 1. The highest BCUT2D eigenvalue weighted by Gasteiger charge is 2.45. The summed E-state index contributed by atoms with van der Waals surface area (Å²) in [4.78, 5) is 30.1. The maximum absolute atomic E-state index is 13.1. The molecule has 2 aliphatic heterocycles. The van der Waals surface area contributed by atoms with Gasteiger partial charge in [0.05, 0.1) is 29.0 Å². The summed E-state index contributed by atoms with van der Waals surface area (Å²) >= 11 is 0. The lowest BCUT2D eigenvalue weighted by Gasteiger charge is -2.31.